The number of nitrogens with zero attached hydrogens (tertiary/aromatic N) is 2. The van der Waals surface area contributed by atoms with E-state index in [0.717, 1.165) is 42.7 Å². The smallest absolute Gasteiger partial charge is 0.306 e. The number of aliphatic carboxylic acids is 1. The number of ketones is 1. The molecule has 11 nitrogen and oxygen atoms in total. The first-order chi connectivity index (χ1) is 22.8. The molecule has 1 heterocycles. The van der Waals surface area contributed by atoms with Gasteiger partial charge in [0, 0.05) is 37.4 Å². The van der Waals surface area contributed by atoms with E-state index < -0.39 is 35.9 Å². The minimum absolute atomic E-state index is 0.00781. The largest absolute Gasteiger partial charge is 0.481 e. The standard InChI is InChI=1S/C36H55N5O6S/c1-8-24(4)32(40-31(43)17-13-10-14-18-37-6)35(45)41(7)29(23(2)3)21-30(42)34-39-28(22-48-34)33(44)38-27(19-25(5)36(46)47)20-26-15-11-9-12-16-26/h9,11-12,15-16,22-25,27,29,32,37H,8,10,13-14,17-21H2,1-7H3,(H,38,44)(H,40,43)(H,46,47)/t24-,25?,27?,29+,32-/m0/s1. The molecule has 0 bridgehead atoms. The topological polar surface area (TPSA) is 158 Å². The number of carboxylic acids is 1. The van der Waals surface area contributed by atoms with Crippen molar-refractivity contribution < 1.29 is 29.1 Å². The predicted molar refractivity (Wildman–Crippen MR) is 189 cm³/mol. The second kappa shape index (κ2) is 20.7. The first-order valence-corrected chi connectivity index (χ1v) is 17.9. The Morgan fingerprint density at radius 2 is 1.67 bits per heavy atom. The molecule has 0 spiro atoms. The van der Waals surface area contributed by atoms with Crippen molar-refractivity contribution in [2.45, 2.75) is 104 Å². The summed E-state index contributed by atoms with van der Waals surface area (Å²) in [6, 6.07) is 7.89. The predicted octanol–water partition coefficient (Wildman–Crippen LogP) is 4.96. The maximum absolute atomic E-state index is 13.8. The molecule has 48 heavy (non-hydrogen) atoms. The number of thiazole rings is 1. The van der Waals surface area contributed by atoms with Crippen LogP contribution in [-0.2, 0) is 20.8 Å². The Morgan fingerprint density at radius 3 is 2.27 bits per heavy atom. The number of likely N-dealkylation sites (N-methyl/N-ethyl adjacent to an activating group) is 1. The van der Waals surface area contributed by atoms with Gasteiger partial charge in [-0.15, -0.1) is 11.3 Å². The molecule has 266 valence electrons. The maximum atomic E-state index is 13.8. The Bertz CT molecular complexity index is 1330. The number of carbonyl (C=O) groups is 5. The van der Waals surface area contributed by atoms with Gasteiger partial charge >= 0.3 is 5.97 Å². The van der Waals surface area contributed by atoms with Crippen LogP contribution in [0.2, 0.25) is 0 Å². The molecule has 4 N–H and O–H groups in total. The number of rotatable bonds is 22. The number of benzene rings is 1. The zero-order chi connectivity index (χ0) is 35.8. The summed E-state index contributed by atoms with van der Waals surface area (Å²) in [6.45, 7) is 10.3. The van der Waals surface area contributed by atoms with Gasteiger partial charge in [0.2, 0.25) is 11.8 Å². The molecule has 5 atom stereocenters. The zero-order valence-corrected chi connectivity index (χ0v) is 30.4. The molecule has 0 saturated carbocycles. The Kier molecular flexibility index (Phi) is 17.5. The summed E-state index contributed by atoms with van der Waals surface area (Å²) >= 11 is 1.07. The molecule has 0 aliphatic carbocycles. The fourth-order valence-electron chi connectivity index (χ4n) is 5.56. The minimum Gasteiger partial charge on any atom is -0.481 e. The summed E-state index contributed by atoms with van der Waals surface area (Å²) < 4.78 is 0. The number of unbranched alkanes of at least 4 members (excludes halogenated alkanes) is 2. The van der Waals surface area contributed by atoms with E-state index in [0.29, 0.717) is 19.3 Å². The lowest BCUT2D eigenvalue weighted by atomic mass is 9.93. The van der Waals surface area contributed by atoms with Crippen molar-refractivity contribution in [2.75, 3.05) is 20.6 Å². The summed E-state index contributed by atoms with van der Waals surface area (Å²) in [5.74, 6) is -2.93. The van der Waals surface area contributed by atoms with Gasteiger partial charge in [0.15, 0.2) is 10.8 Å². The first-order valence-electron chi connectivity index (χ1n) is 17.1. The lowest BCUT2D eigenvalue weighted by Crippen LogP contribution is -2.54. The molecule has 0 aliphatic heterocycles. The van der Waals surface area contributed by atoms with Crippen LogP contribution in [-0.4, -0.2) is 83.2 Å². The van der Waals surface area contributed by atoms with E-state index in [1.165, 1.54) is 5.38 Å². The van der Waals surface area contributed by atoms with Gasteiger partial charge in [0.25, 0.3) is 5.91 Å². The highest BCUT2D eigenvalue weighted by atomic mass is 32.1. The van der Waals surface area contributed by atoms with E-state index in [2.05, 4.69) is 20.9 Å². The van der Waals surface area contributed by atoms with E-state index in [-0.39, 0.29) is 53.0 Å². The van der Waals surface area contributed by atoms with Gasteiger partial charge in [-0.3, -0.25) is 24.0 Å². The summed E-state index contributed by atoms with van der Waals surface area (Å²) in [7, 11) is 3.57. The average Bonchev–Trinajstić information content (AvgIpc) is 3.56. The molecule has 1 aromatic heterocycles. The van der Waals surface area contributed by atoms with Crippen molar-refractivity contribution in [1.29, 1.82) is 0 Å². The van der Waals surface area contributed by atoms with Crippen LogP contribution >= 0.6 is 11.3 Å². The number of carbonyl (C=O) groups excluding carboxylic acids is 4. The lowest BCUT2D eigenvalue weighted by molar-refractivity contribution is -0.141. The SMILES string of the molecule is CC[C@H](C)[C@H](NC(=O)CCCCCNC)C(=O)N(C)[C@H](CC(=O)c1nc(C(=O)NC(Cc2ccccc2)CC(C)C(=O)O)cs1)C(C)C. The average molecular weight is 686 g/mol. The summed E-state index contributed by atoms with van der Waals surface area (Å²) in [4.78, 5) is 70.7. The lowest BCUT2D eigenvalue weighted by Gasteiger charge is -2.35. The molecule has 2 rings (SSSR count). The minimum atomic E-state index is -0.944. The van der Waals surface area contributed by atoms with Crippen LogP contribution in [0.3, 0.4) is 0 Å². The van der Waals surface area contributed by atoms with Crippen molar-refractivity contribution in [1.82, 2.24) is 25.8 Å². The fraction of sp³-hybridized carbons (Fsp3) is 0.611. The highest BCUT2D eigenvalue weighted by molar-refractivity contribution is 7.11. The third kappa shape index (κ3) is 13.1. The monoisotopic (exact) mass is 685 g/mol. The van der Waals surface area contributed by atoms with Crippen LogP contribution in [0.15, 0.2) is 35.7 Å². The van der Waals surface area contributed by atoms with Crippen LogP contribution < -0.4 is 16.0 Å². The van der Waals surface area contributed by atoms with Gasteiger partial charge in [0.1, 0.15) is 11.7 Å². The Morgan fingerprint density at radius 1 is 0.979 bits per heavy atom. The van der Waals surface area contributed by atoms with Crippen LogP contribution in [0.4, 0.5) is 0 Å². The summed E-state index contributed by atoms with van der Waals surface area (Å²) in [5, 5.41) is 20.1. The first kappa shape index (κ1) is 40.5. The number of nitrogens with one attached hydrogen (secondary N) is 3. The van der Waals surface area contributed by atoms with Crippen molar-refractivity contribution in [2.24, 2.45) is 17.8 Å². The van der Waals surface area contributed by atoms with Gasteiger partial charge in [-0.1, -0.05) is 77.8 Å². The number of amides is 3. The van der Waals surface area contributed by atoms with E-state index in [4.69, 9.17) is 0 Å². The highest BCUT2D eigenvalue weighted by Gasteiger charge is 2.34. The number of carboxylic acid groups (broad SMARTS) is 1. The number of hydrogen-bond acceptors (Lipinski definition) is 8. The maximum Gasteiger partial charge on any atom is 0.306 e. The van der Waals surface area contributed by atoms with Crippen molar-refractivity contribution in [3.63, 3.8) is 0 Å². The van der Waals surface area contributed by atoms with Gasteiger partial charge in [-0.2, -0.15) is 0 Å². The van der Waals surface area contributed by atoms with Gasteiger partial charge < -0.3 is 26.0 Å². The van der Waals surface area contributed by atoms with Crippen LogP contribution in [0.1, 0.15) is 105 Å². The second-order valence-corrected chi connectivity index (χ2v) is 14.0. The normalized spacial score (nSPS) is 14.4. The molecule has 0 saturated heterocycles. The number of aromatic nitrogens is 1. The van der Waals surface area contributed by atoms with Gasteiger partial charge in [-0.05, 0) is 56.7 Å². The van der Waals surface area contributed by atoms with E-state index >= 15 is 0 Å². The van der Waals surface area contributed by atoms with Gasteiger partial charge in [0.05, 0.1) is 5.92 Å². The van der Waals surface area contributed by atoms with Crippen molar-refractivity contribution in [3.8, 4) is 0 Å². The number of hydrogen-bond donors (Lipinski definition) is 4. The van der Waals surface area contributed by atoms with Crippen LogP contribution in [0.5, 0.6) is 0 Å². The summed E-state index contributed by atoms with van der Waals surface area (Å²) in [6.07, 6.45) is 4.39. The Hall–Kier alpha value is -3.64. The molecular formula is C36H55N5O6S. The molecule has 12 heteroatoms. The van der Waals surface area contributed by atoms with E-state index in [9.17, 15) is 29.1 Å². The van der Waals surface area contributed by atoms with E-state index in [1.807, 2.05) is 65.1 Å². The molecule has 1 aromatic carbocycles. The molecule has 0 radical (unpaired) electrons. The molecule has 3 amide bonds. The molecule has 2 unspecified atom stereocenters. The Labute approximate surface area is 289 Å². The molecule has 0 aliphatic rings. The summed E-state index contributed by atoms with van der Waals surface area (Å²) in [5.41, 5.74) is 1.05. The van der Waals surface area contributed by atoms with Crippen LogP contribution in [0.25, 0.3) is 0 Å². The van der Waals surface area contributed by atoms with Crippen molar-refractivity contribution >= 4 is 40.8 Å². The molecular weight excluding hydrogens is 630 g/mol. The van der Waals surface area contributed by atoms with E-state index in [1.54, 1.807) is 18.9 Å². The molecule has 0 fully saturated rings. The third-order valence-corrected chi connectivity index (χ3v) is 9.71. The quantitative estimate of drug-likeness (QED) is 0.100. The zero-order valence-electron chi connectivity index (χ0n) is 29.6. The highest BCUT2D eigenvalue weighted by Crippen LogP contribution is 2.22. The fourth-order valence-corrected chi connectivity index (χ4v) is 6.31. The van der Waals surface area contributed by atoms with Crippen LogP contribution in [0, 0.1) is 17.8 Å². The third-order valence-electron chi connectivity index (χ3n) is 8.83. The number of Topliss-reactive ketones (excluding diaryl/α,β-unsaturated/α-hetero) is 1. The Balaban J connectivity index is 2.12. The van der Waals surface area contributed by atoms with Crippen molar-refractivity contribution in [3.05, 3.63) is 52.0 Å². The molecule has 2 aromatic rings. The second-order valence-electron chi connectivity index (χ2n) is 13.1. The van der Waals surface area contributed by atoms with Gasteiger partial charge in [-0.25, -0.2) is 4.98 Å².